The smallest absolute Gasteiger partial charge is 0.209 e. The predicted octanol–water partition coefficient (Wildman–Crippen LogP) is 5.18. The van der Waals surface area contributed by atoms with Crippen molar-refractivity contribution in [3.63, 3.8) is 0 Å². The van der Waals surface area contributed by atoms with Crippen molar-refractivity contribution in [2.45, 2.75) is 92.1 Å². The van der Waals surface area contributed by atoms with Crippen molar-refractivity contribution >= 4 is 55.8 Å². The van der Waals surface area contributed by atoms with Crippen LogP contribution in [-0.4, -0.2) is 59.1 Å². The molecule has 0 rings (SSSR count). The monoisotopic (exact) mass is 532 g/mol. The zero-order valence-electron chi connectivity index (χ0n) is 24.3. The Morgan fingerprint density at radius 1 is 1.00 bits per heavy atom. The molecule has 0 bridgehead atoms. The van der Waals surface area contributed by atoms with Crippen LogP contribution in [0.25, 0.3) is 0 Å². The van der Waals surface area contributed by atoms with E-state index in [1.165, 1.54) is 0 Å². The van der Waals surface area contributed by atoms with E-state index in [9.17, 15) is 19.5 Å². The van der Waals surface area contributed by atoms with Gasteiger partial charge in [0.1, 0.15) is 17.9 Å². The third-order valence-corrected chi connectivity index (χ3v) is 5.39. The first-order valence-corrected chi connectivity index (χ1v) is 13.4. The van der Waals surface area contributed by atoms with Gasteiger partial charge in [0, 0.05) is 30.1 Å². The second-order valence-corrected chi connectivity index (χ2v) is 10.0. The third kappa shape index (κ3) is 24.7. The first kappa shape index (κ1) is 34.2. The quantitative estimate of drug-likeness (QED) is 0.0711. The average molecular weight is 532 g/mol. The van der Waals surface area contributed by atoms with Gasteiger partial charge in [-0.1, -0.05) is 70.6 Å². The molecule has 0 saturated carbocycles. The number of Topliss-reactive ketones (excluding diaryl/α,β-unsaturated/α-hetero) is 2. The van der Waals surface area contributed by atoms with E-state index >= 15 is 0 Å². The van der Waals surface area contributed by atoms with Crippen molar-refractivity contribution in [1.82, 2.24) is 0 Å². The number of rotatable bonds is 21. The van der Waals surface area contributed by atoms with E-state index in [4.69, 9.17) is 11.0 Å². The summed E-state index contributed by atoms with van der Waals surface area (Å²) in [4.78, 5) is 33.7. The second kappa shape index (κ2) is 24.9. The molecular formula is C25H46B2O6S2. The zero-order chi connectivity index (χ0) is 29.2. The molecule has 0 aromatic rings. The van der Waals surface area contributed by atoms with Gasteiger partial charge in [-0.3, -0.25) is 9.59 Å². The Morgan fingerprint density at radius 3 is 1.83 bits per heavy atom. The Labute approximate surface area is 227 Å². The van der Waals surface area contributed by atoms with Crippen LogP contribution in [0.2, 0.25) is 0 Å². The SMILES string of the molecule is C=CCC.[3H][B]SOCC(C)(C)C(=O)CCCC=O.[3H][B]SOCC(C)(C)C(=O)CCC[C@H](O)CC=C. The Balaban J connectivity index is -0.000000551. The van der Waals surface area contributed by atoms with E-state index < -0.39 is 16.9 Å². The van der Waals surface area contributed by atoms with Gasteiger partial charge in [0.15, 0.2) is 0 Å². The lowest BCUT2D eigenvalue weighted by molar-refractivity contribution is -0.129. The van der Waals surface area contributed by atoms with Gasteiger partial charge >= 0.3 is 0 Å². The topological polar surface area (TPSA) is 89.9 Å². The number of carbonyl (C=O) groups is 3. The Morgan fingerprint density at radius 2 is 1.46 bits per heavy atom. The van der Waals surface area contributed by atoms with Crippen LogP contribution >= 0.6 is 23.8 Å². The Kier molecular flexibility index (Phi) is 24.3. The summed E-state index contributed by atoms with van der Waals surface area (Å²) < 4.78 is 23.7. The van der Waals surface area contributed by atoms with Crippen LogP contribution < -0.4 is 0 Å². The lowest BCUT2D eigenvalue weighted by Gasteiger charge is -2.22. The van der Waals surface area contributed by atoms with Gasteiger partial charge in [-0.05, 0) is 34.8 Å². The summed E-state index contributed by atoms with van der Waals surface area (Å²) in [7, 11) is 2.17. The maximum Gasteiger partial charge on any atom is 0.209 e. The molecule has 0 fully saturated rings. The van der Waals surface area contributed by atoms with Crippen molar-refractivity contribution in [1.29, 1.82) is 2.67 Å². The average Bonchev–Trinajstić information content (AvgIpc) is 2.85. The molecule has 0 aliphatic heterocycles. The van der Waals surface area contributed by atoms with Gasteiger partial charge in [0.25, 0.3) is 0 Å². The van der Waals surface area contributed by atoms with E-state index in [0.29, 0.717) is 51.6 Å². The molecule has 0 amide bonds. The number of hydrogen-bond acceptors (Lipinski definition) is 8. The largest absolute Gasteiger partial charge is 0.393 e. The minimum Gasteiger partial charge on any atom is -0.393 e. The Hall–Kier alpha value is -0.800. The van der Waals surface area contributed by atoms with Crippen molar-refractivity contribution in [2.75, 3.05) is 13.2 Å². The van der Waals surface area contributed by atoms with Crippen LogP contribution in [0, 0.1) is 10.8 Å². The van der Waals surface area contributed by atoms with Crippen LogP contribution in [0.5, 0.6) is 0 Å². The fraction of sp³-hybridized carbons (Fsp3) is 0.720. The Bertz CT molecular complexity index is 626. The molecule has 0 aromatic carbocycles. The van der Waals surface area contributed by atoms with Gasteiger partial charge in [-0.25, -0.2) is 0 Å². The van der Waals surface area contributed by atoms with Gasteiger partial charge < -0.3 is 18.3 Å². The van der Waals surface area contributed by atoms with Crippen LogP contribution in [0.4, 0.5) is 0 Å². The number of carbonyl (C=O) groups excluding carboxylic acids is 3. The van der Waals surface area contributed by atoms with E-state index in [-0.39, 0.29) is 18.2 Å². The van der Waals surface area contributed by atoms with Crippen molar-refractivity contribution in [3.8, 4) is 0 Å². The minimum absolute atomic E-state index is 0.0925. The molecule has 35 heavy (non-hydrogen) atoms. The molecule has 0 aliphatic rings. The fourth-order valence-electron chi connectivity index (χ4n) is 2.35. The molecule has 0 aromatic heterocycles. The van der Waals surface area contributed by atoms with Crippen molar-refractivity contribution in [2.24, 2.45) is 10.8 Å². The van der Waals surface area contributed by atoms with E-state index in [1.54, 1.807) is 19.9 Å². The maximum atomic E-state index is 12.0. The first-order chi connectivity index (χ1) is 17.4. The highest BCUT2D eigenvalue weighted by Gasteiger charge is 2.28. The molecular weight excluding hydrogens is 482 g/mol. The number of allylic oxidation sites excluding steroid dienone is 1. The first-order valence-electron chi connectivity index (χ1n) is 12.9. The fourth-order valence-corrected chi connectivity index (χ4v) is 3.08. The molecule has 6 nitrogen and oxygen atoms in total. The van der Waals surface area contributed by atoms with Crippen molar-refractivity contribution < 1.29 is 27.9 Å². The number of hydrogen-bond donors (Lipinski definition) is 1. The standard InChI is InChI=1S/C12H22BO3S.C9H16BO3S.C4H8/c1-4-6-10(14)7-5-8-11(15)12(2,3)9-16-17-13;1-9(2,7-13-14-10)8(12)5-3-4-6-11;1-3-4-2/h4,10,13-14H,1,5-9H2,2-3H3;6,10H,3-5,7H2,1-2H3;3H,1,4H2,2H3/t10-;;/m1../s1/i13T;10T;. The summed E-state index contributed by atoms with van der Waals surface area (Å²) in [5.41, 5.74) is -1.09. The molecule has 0 spiro atoms. The minimum atomic E-state index is -0.543. The molecule has 2 radical (unpaired) electrons. The summed E-state index contributed by atoms with van der Waals surface area (Å²) in [6.07, 6.45) is 8.80. The van der Waals surface area contributed by atoms with E-state index in [0.717, 1.165) is 50.7 Å². The number of ketones is 2. The van der Waals surface area contributed by atoms with Crippen LogP contribution in [0.1, 0.15) is 86.0 Å². The van der Waals surface area contributed by atoms with Crippen molar-refractivity contribution in [3.05, 3.63) is 25.3 Å². The van der Waals surface area contributed by atoms with Gasteiger partial charge in [0.05, 0.1) is 19.3 Å². The summed E-state index contributed by atoms with van der Waals surface area (Å²) in [6, 6.07) is 0. The lowest BCUT2D eigenvalue weighted by Crippen LogP contribution is -2.28. The summed E-state index contributed by atoms with van der Waals surface area (Å²) in [5, 5.41) is 9.50. The zero-order valence-corrected chi connectivity index (χ0v) is 23.9. The molecule has 10 heteroatoms. The summed E-state index contributed by atoms with van der Waals surface area (Å²) in [6.45, 7) is 17.0. The molecule has 0 saturated heterocycles. The third-order valence-electron chi connectivity index (χ3n) is 4.88. The molecule has 0 unspecified atom stereocenters. The van der Waals surface area contributed by atoms with Gasteiger partial charge in [0.2, 0.25) is 14.2 Å². The number of unbranched alkanes of at least 4 members (excludes halogenated alkanes) is 1. The lowest BCUT2D eigenvalue weighted by atomic mass is 9.86. The van der Waals surface area contributed by atoms with Crippen LogP contribution in [0.15, 0.2) is 25.3 Å². The number of aliphatic hydroxyl groups is 1. The normalized spacial score (nSPS) is 12.3. The molecule has 0 heterocycles. The maximum absolute atomic E-state index is 12.0. The van der Waals surface area contributed by atoms with E-state index in [1.807, 2.05) is 19.9 Å². The summed E-state index contributed by atoms with van der Waals surface area (Å²) >= 11 is 1.84. The van der Waals surface area contributed by atoms with E-state index in [2.05, 4.69) is 20.1 Å². The van der Waals surface area contributed by atoms with Gasteiger partial charge in [-0.15, -0.1) is 13.2 Å². The predicted molar refractivity (Wildman–Crippen MR) is 154 cm³/mol. The molecule has 1 N–H and O–H groups in total. The highest BCUT2D eigenvalue weighted by Crippen LogP contribution is 2.23. The molecule has 1 atom stereocenters. The second-order valence-electron chi connectivity index (χ2n) is 9.16. The summed E-state index contributed by atoms with van der Waals surface area (Å²) in [5.74, 6) is 0.216. The highest BCUT2D eigenvalue weighted by molar-refractivity contribution is 8.16. The highest BCUT2D eigenvalue weighted by atomic mass is 32.2. The molecule has 0 aliphatic carbocycles. The molecule has 200 valence electrons. The van der Waals surface area contributed by atoms with Gasteiger partial charge in [-0.2, -0.15) is 0 Å². The number of aldehydes is 1. The van der Waals surface area contributed by atoms with Crippen LogP contribution in [-0.2, 0) is 22.7 Å². The number of aliphatic hydroxyl groups excluding tert-OH is 1. The van der Waals surface area contributed by atoms with Crippen LogP contribution in [0.3, 0.4) is 0 Å².